The summed E-state index contributed by atoms with van der Waals surface area (Å²) in [6, 6.07) is 15.2. The number of carboxylic acid groups (broad SMARTS) is 1. The molecule has 0 aromatic heterocycles. The van der Waals surface area contributed by atoms with Crippen molar-refractivity contribution in [1.82, 2.24) is 10.6 Å². The highest BCUT2D eigenvalue weighted by Gasteiger charge is 2.15. The number of aliphatic carboxylic acids is 1. The standard InChI is InChI=1S/C39H52I4N4O11/c40-32-22-29(24-36(48)49)23-33(41)38(32)58-31-25-34(42)37(35(43)26-31)57-8-1-6-46-7-9-50-10-11-51-12-13-52-14-15-53-16-17-54-18-19-55-20-21-56-30-4-2-28(3-5-30)27-47-39(44)45/h2-5,22-23,25-26,46H,1,6-21,24,27H2,(H,48,49)(H4,44,45,47). The smallest absolute Gasteiger partial charge is 0.307 e. The van der Waals surface area contributed by atoms with Crippen LogP contribution in [0.15, 0.2) is 48.5 Å². The number of ether oxygens (including phenoxy) is 9. The highest BCUT2D eigenvalue weighted by molar-refractivity contribution is 14.1. The molecule has 0 aliphatic heterocycles. The molecule has 0 spiro atoms. The van der Waals surface area contributed by atoms with Crippen LogP contribution in [0, 0.1) is 19.7 Å². The van der Waals surface area contributed by atoms with E-state index >= 15 is 0 Å². The Bertz CT molecular complexity index is 1600. The average molecular weight is 1260 g/mol. The largest absolute Gasteiger partial charge is 0.491 e. The summed E-state index contributed by atoms with van der Waals surface area (Å²) in [6.45, 7) is 9.09. The van der Waals surface area contributed by atoms with Crippen molar-refractivity contribution in [3.63, 3.8) is 0 Å². The molecule has 19 heteroatoms. The van der Waals surface area contributed by atoms with Crippen LogP contribution in [0.2, 0.25) is 0 Å². The Morgan fingerprint density at radius 2 is 1.07 bits per heavy atom. The van der Waals surface area contributed by atoms with Gasteiger partial charge in [0.15, 0.2) is 11.7 Å². The quantitative estimate of drug-likeness (QED) is 0.0205. The maximum Gasteiger partial charge on any atom is 0.307 e. The Labute approximate surface area is 394 Å². The van der Waals surface area contributed by atoms with Crippen LogP contribution in [0.1, 0.15) is 17.5 Å². The summed E-state index contributed by atoms with van der Waals surface area (Å²) in [5, 5.41) is 22.4. The second kappa shape index (κ2) is 31.3. The molecule has 3 aromatic rings. The molecule has 6 N–H and O–H groups in total. The van der Waals surface area contributed by atoms with Gasteiger partial charge >= 0.3 is 5.97 Å². The van der Waals surface area contributed by atoms with E-state index in [4.69, 9.17) is 58.9 Å². The number of halogens is 4. The summed E-state index contributed by atoms with van der Waals surface area (Å²) in [5.41, 5.74) is 7.05. The van der Waals surface area contributed by atoms with Gasteiger partial charge in [0, 0.05) is 13.1 Å². The lowest BCUT2D eigenvalue weighted by atomic mass is 10.1. The molecule has 0 aliphatic rings. The fourth-order valence-electron chi connectivity index (χ4n) is 4.80. The lowest BCUT2D eigenvalue weighted by molar-refractivity contribution is -0.136. The fraction of sp³-hybridized carbons (Fsp3) is 0.487. The van der Waals surface area contributed by atoms with Crippen molar-refractivity contribution in [2.24, 2.45) is 5.73 Å². The first-order valence-corrected chi connectivity index (χ1v) is 22.9. The number of hydrogen-bond donors (Lipinski definition) is 5. The van der Waals surface area contributed by atoms with Crippen molar-refractivity contribution in [1.29, 1.82) is 5.41 Å². The van der Waals surface area contributed by atoms with Crippen molar-refractivity contribution >= 4 is 102 Å². The molecule has 0 atom stereocenters. The first-order chi connectivity index (χ1) is 28.1. The van der Waals surface area contributed by atoms with E-state index in [0.29, 0.717) is 111 Å². The molecule has 0 bridgehead atoms. The van der Waals surface area contributed by atoms with Gasteiger partial charge in [-0.3, -0.25) is 10.2 Å². The number of benzene rings is 3. The molecule has 0 unspecified atom stereocenters. The van der Waals surface area contributed by atoms with E-state index in [-0.39, 0.29) is 12.4 Å². The van der Waals surface area contributed by atoms with Gasteiger partial charge in [0.2, 0.25) is 0 Å². The zero-order valence-electron chi connectivity index (χ0n) is 32.2. The van der Waals surface area contributed by atoms with Crippen molar-refractivity contribution in [3.05, 3.63) is 73.9 Å². The van der Waals surface area contributed by atoms with E-state index in [9.17, 15) is 4.79 Å². The molecule has 0 saturated carbocycles. The highest BCUT2D eigenvalue weighted by Crippen LogP contribution is 2.37. The maximum absolute atomic E-state index is 11.1. The number of nitrogens with one attached hydrogen (secondary N) is 3. The highest BCUT2D eigenvalue weighted by atomic mass is 127. The first kappa shape index (κ1) is 50.8. The summed E-state index contributed by atoms with van der Waals surface area (Å²) < 4.78 is 54.9. The molecular formula is C39H52I4N4O11. The molecule has 322 valence electrons. The number of nitrogens with two attached hydrogens (primary N) is 1. The lowest BCUT2D eigenvalue weighted by Gasteiger charge is -2.15. The summed E-state index contributed by atoms with van der Waals surface area (Å²) >= 11 is 8.87. The molecule has 58 heavy (non-hydrogen) atoms. The minimum Gasteiger partial charge on any atom is -0.491 e. The zero-order chi connectivity index (χ0) is 41.8. The Morgan fingerprint density at radius 3 is 1.57 bits per heavy atom. The molecule has 3 aromatic carbocycles. The molecule has 0 saturated heterocycles. The number of hydrogen-bond acceptors (Lipinski definition) is 12. The molecular weight excluding hydrogens is 1210 g/mol. The van der Waals surface area contributed by atoms with Crippen molar-refractivity contribution in [3.8, 4) is 23.0 Å². The fourth-order valence-corrected chi connectivity index (χ4v) is 8.94. The van der Waals surface area contributed by atoms with Crippen LogP contribution in [-0.2, 0) is 46.2 Å². The second-order valence-corrected chi connectivity index (χ2v) is 16.8. The molecule has 0 amide bonds. The van der Waals surface area contributed by atoms with Gasteiger partial charge in [-0.2, -0.15) is 0 Å². The monoisotopic (exact) mass is 1260 g/mol. The number of rotatable bonds is 33. The zero-order valence-corrected chi connectivity index (χ0v) is 40.8. The van der Waals surface area contributed by atoms with Crippen LogP contribution in [0.5, 0.6) is 23.0 Å². The van der Waals surface area contributed by atoms with Crippen LogP contribution < -0.4 is 30.6 Å². The van der Waals surface area contributed by atoms with E-state index in [1.165, 1.54) is 0 Å². The van der Waals surface area contributed by atoms with E-state index < -0.39 is 5.97 Å². The van der Waals surface area contributed by atoms with Crippen LogP contribution >= 0.6 is 90.4 Å². The maximum atomic E-state index is 11.1. The second-order valence-electron chi connectivity index (χ2n) is 12.2. The van der Waals surface area contributed by atoms with Gasteiger partial charge in [0.25, 0.3) is 0 Å². The van der Waals surface area contributed by atoms with E-state index in [0.717, 1.165) is 56.4 Å². The van der Waals surface area contributed by atoms with Gasteiger partial charge in [0.05, 0.1) is 107 Å². The average Bonchev–Trinajstić information content (AvgIpc) is 3.18. The van der Waals surface area contributed by atoms with Crippen molar-refractivity contribution in [2.45, 2.75) is 19.4 Å². The third-order valence-electron chi connectivity index (χ3n) is 7.54. The minimum absolute atomic E-state index is 0.0243. The van der Waals surface area contributed by atoms with Crippen molar-refractivity contribution in [2.75, 3.05) is 106 Å². The minimum atomic E-state index is -0.861. The third-order valence-corrected chi connectivity index (χ3v) is 10.7. The van der Waals surface area contributed by atoms with Gasteiger partial charge in [0.1, 0.15) is 23.9 Å². The van der Waals surface area contributed by atoms with Crippen molar-refractivity contribution < 1.29 is 52.5 Å². The third kappa shape index (κ3) is 22.9. The predicted octanol–water partition coefficient (Wildman–Crippen LogP) is 6.04. The summed E-state index contributed by atoms with van der Waals surface area (Å²) in [4.78, 5) is 11.1. The van der Waals surface area contributed by atoms with E-state index in [2.05, 4.69) is 101 Å². The molecule has 0 radical (unpaired) electrons. The number of guanidine groups is 1. The van der Waals surface area contributed by atoms with Gasteiger partial charge in [-0.05, 0) is 151 Å². The Hall–Kier alpha value is -1.56. The molecule has 15 nitrogen and oxygen atoms in total. The van der Waals surface area contributed by atoms with Gasteiger partial charge in [-0.1, -0.05) is 12.1 Å². The van der Waals surface area contributed by atoms with Crippen LogP contribution in [0.4, 0.5) is 0 Å². The first-order valence-electron chi connectivity index (χ1n) is 18.6. The Balaban J connectivity index is 1.05. The SMILES string of the molecule is N=C(N)NCc1ccc(OCCOCCOCCOCCOCCOCCOCCNCCCOc2c(I)cc(Oc3c(I)cc(CC(=O)O)cc3I)cc2I)cc1. The molecule has 3 rings (SSSR count). The van der Waals surface area contributed by atoms with Crippen LogP contribution in [0.3, 0.4) is 0 Å². The summed E-state index contributed by atoms with van der Waals surface area (Å²) in [6.07, 6.45) is 0.824. The predicted molar refractivity (Wildman–Crippen MR) is 254 cm³/mol. The van der Waals surface area contributed by atoms with Gasteiger partial charge in [-0.25, -0.2) is 0 Å². The number of carboxylic acids is 1. The van der Waals surface area contributed by atoms with E-state index in [1.807, 2.05) is 48.5 Å². The van der Waals surface area contributed by atoms with Crippen LogP contribution in [-0.4, -0.2) is 123 Å². The number of carbonyl (C=O) groups is 1. The van der Waals surface area contributed by atoms with Gasteiger partial charge in [-0.15, -0.1) is 0 Å². The summed E-state index contributed by atoms with van der Waals surface area (Å²) in [7, 11) is 0. The normalized spacial score (nSPS) is 11.1. The molecule has 0 aliphatic carbocycles. The molecule has 0 heterocycles. The van der Waals surface area contributed by atoms with E-state index in [1.54, 1.807) is 0 Å². The summed E-state index contributed by atoms with van der Waals surface area (Å²) in [5.74, 6) is 2.08. The topological polar surface area (TPSA) is 194 Å². The van der Waals surface area contributed by atoms with Crippen LogP contribution in [0.25, 0.3) is 0 Å². The molecule has 0 fully saturated rings. The van der Waals surface area contributed by atoms with Gasteiger partial charge < -0.3 is 64.1 Å². The lowest BCUT2D eigenvalue weighted by Crippen LogP contribution is -2.29. The Kier molecular flexibility index (Phi) is 27.4. The Morgan fingerprint density at radius 1 is 0.586 bits per heavy atom.